The average molecular weight is 663 g/mol. The van der Waals surface area contributed by atoms with Gasteiger partial charge in [0.25, 0.3) is 5.56 Å². The molecule has 0 bridgehead atoms. The predicted octanol–water partition coefficient (Wildman–Crippen LogP) is 5.89. The van der Waals surface area contributed by atoms with E-state index in [2.05, 4.69) is 5.10 Å². The van der Waals surface area contributed by atoms with E-state index in [-0.39, 0.29) is 23.5 Å². The number of primary amides is 1. The minimum Gasteiger partial charge on any atom is -0.481 e. The first-order valence-electron chi connectivity index (χ1n) is 15.5. The minimum atomic E-state index is -5.01. The van der Waals surface area contributed by atoms with Crippen molar-refractivity contribution >= 4 is 11.9 Å². The number of hydrogen-bond donors (Lipinski definition) is 2. The molecular weight excluding hydrogens is 623 g/mol. The van der Waals surface area contributed by atoms with Crippen LogP contribution in [0.15, 0.2) is 41.2 Å². The zero-order valence-corrected chi connectivity index (χ0v) is 26.7. The lowest BCUT2D eigenvalue weighted by atomic mass is 9.82. The number of carbonyl (C=O) groups is 2. The quantitative estimate of drug-likeness (QED) is 0.262. The molecule has 2 atom stereocenters. The molecule has 2 fully saturated rings. The van der Waals surface area contributed by atoms with E-state index < -0.39 is 53.1 Å². The average Bonchev–Trinajstić information content (AvgIpc) is 3.80. The summed E-state index contributed by atoms with van der Waals surface area (Å²) >= 11 is 0. The van der Waals surface area contributed by atoms with Gasteiger partial charge in [-0.25, -0.2) is 13.5 Å². The highest BCUT2D eigenvalue weighted by atomic mass is 19.4. The molecule has 1 saturated heterocycles. The van der Waals surface area contributed by atoms with Crippen LogP contribution in [0.25, 0.3) is 11.1 Å². The molecule has 1 saturated carbocycles. The Balaban J connectivity index is 0.000000930. The van der Waals surface area contributed by atoms with Crippen molar-refractivity contribution in [1.82, 2.24) is 14.7 Å². The molecule has 13 heteroatoms. The van der Waals surface area contributed by atoms with Gasteiger partial charge in [0.15, 0.2) is 0 Å². The first-order chi connectivity index (χ1) is 22.0. The van der Waals surface area contributed by atoms with Gasteiger partial charge in [0.1, 0.15) is 18.0 Å². The SMILES string of the molecule is CCC(=O)O.Cc1cc(=O)n(C(C(N)=O)C(c2cc(-c3c(C)cccc3C)cc(C(F)(F)F)c2F)C2CC2)nc1CCN1CC(F)C1. The summed E-state index contributed by atoms with van der Waals surface area (Å²) in [5, 5.41) is 12.2. The van der Waals surface area contributed by atoms with Crippen molar-refractivity contribution in [2.24, 2.45) is 11.7 Å². The lowest BCUT2D eigenvalue weighted by Crippen LogP contribution is -2.49. The van der Waals surface area contributed by atoms with Gasteiger partial charge < -0.3 is 10.8 Å². The van der Waals surface area contributed by atoms with Crippen molar-refractivity contribution in [2.45, 2.75) is 77.7 Å². The van der Waals surface area contributed by atoms with Gasteiger partial charge in [0, 0.05) is 44.5 Å². The standard InChI is InChI=1S/C31H33F5N4O2.C3H6O2/c1-16-5-4-6-17(2)26(16)20-12-22(28(33)23(13-20)31(34,35)36)27(19-7-8-19)29(30(37)42)40-25(41)11-18(3)24(38-40)9-10-39-14-21(32)15-39;1-2-3(4)5/h4-6,11-13,19,21,27,29H,7-10,14-15H2,1-3H3,(H2,37,42);2H2,1H3,(H,4,5). The fourth-order valence-corrected chi connectivity index (χ4v) is 6.09. The second-order valence-corrected chi connectivity index (χ2v) is 12.3. The number of amides is 1. The fraction of sp³-hybridized carbons (Fsp3) is 0.471. The summed E-state index contributed by atoms with van der Waals surface area (Å²) in [4.78, 5) is 37.5. The maximum absolute atomic E-state index is 16.0. The molecule has 47 heavy (non-hydrogen) atoms. The van der Waals surface area contributed by atoms with E-state index in [1.54, 1.807) is 45.9 Å². The Morgan fingerprint density at radius 2 is 1.66 bits per heavy atom. The number of rotatable bonds is 10. The second-order valence-electron chi connectivity index (χ2n) is 12.3. The molecule has 0 radical (unpaired) electrons. The number of nitrogens with zero attached hydrogens (tertiary/aromatic N) is 3. The van der Waals surface area contributed by atoms with Gasteiger partial charge in [-0.3, -0.25) is 19.3 Å². The van der Waals surface area contributed by atoms with E-state index in [9.17, 15) is 31.9 Å². The van der Waals surface area contributed by atoms with E-state index in [0.717, 1.165) is 10.7 Å². The summed E-state index contributed by atoms with van der Waals surface area (Å²) in [5.74, 6) is -4.77. The number of aryl methyl sites for hydroxylation is 3. The number of likely N-dealkylation sites (tertiary alicyclic amines) is 1. The summed E-state index contributed by atoms with van der Waals surface area (Å²) in [6, 6.07) is 7.22. The number of hydrogen-bond acceptors (Lipinski definition) is 5. The van der Waals surface area contributed by atoms with Crippen LogP contribution in [-0.2, 0) is 22.2 Å². The number of carboxylic acids is 1. The highest BCUT2D eigenvalue weighted by Gasteiger charge is 2.46. The van der Waals surface area contributed by atoms with E-state index >= 15 is 4.39 Å². The van der Waals surface area contributed by atoms with Crippen LogP contribution in [0.5, 0.6) is 0 Å². The Bertz CT molecular complexity index is 1680. The van der Waals surface area contributed by atoms with Crippen LogP contribution in [-0.4, -0.2) is 57.5 Å². The van der Waals surface area contributed by atoms with Gasteiger partial charge in [0.05, 0.1) is 11.3 Å². The zero-order valence-electron chi connectivity index (χ0n) is 26.7. The molecule has 3 aromatic rings. The summed E-state index contributed by atoms with van der Waals surface area (Å²) in [6.07, 6.45) is -4.27. The molecule has 5 rings (SSSR count). The molecule has 254 valence electrons. The van der Waals surface area contributed by atoms with Crippen molar-refractivity contribution in [3.05, 3.63) is 86.1 Å². The normalized spacial score (nSPS) is 16.5. The molecule has 2 aromatic carbocycles. The summed E-state index contributed by atoms with van der Waals surface area (Å²) in [5.41, 5.74) is 6.54. The van der Waals surface area contributed by atoms with Gasteiger partial charge in [-0.15, -0.1) is 0 Å². The van der Waals surface area contributed by atoms with E-state index in [1.165, 1.54) is 12.1 Å². The predicted molar refractivity (Wildman–Crippen MR) is 166 cm³/mol. The minimum absolute atomic E-state index is 0.161. The van der Waals surface area contributed by atoms with Crippen LogP contribution in [0.3, 0.4) is 0 Å². The Morgan fingerprint density at radius 1 is 1.06 bits per heavy atom. The van der Waals surface area contributed by atoms with Crippen molar-refractivity contribution in [3.63, 3.8) is 0 Å². The Kier molecular flexibility index (Phi) is 10.9. The van der Waals surface area contributed by atoms with E-state index in [4.69, 9.17) is 10.8 Å². The topological polar surface area (TPSA) is 119 Å². The second kappa shape index (κ2) is 14.3. The smallest absolute Gasteiger partial charge is 0.419 e. The number of benzene rings is 2. The molecule has 0 spiro atoms. The van der Waals surface area contributed by atoms with Gasteiger partial charge in [-0.05, 0) is 85.0 Å². The molecule has 8 nitrogen and oxygen atoms in total. The van der Waals surface area contributed by atoms with Gasteiger partial charge in [-0.1, -0.05) is 25.1 Å². The lowest BCUT2D eigenvalue weighted by molar-refractivity contribution is -0.140. The molecule has 2 aliphatic rings. The highest BCUT2D eigenvalue weighted by molar-refractivity contribution is 5.80. The van der Waals surface area contributed by atoms with Crippen LogP contribution in [0.1, 0.15) is 71.7 Å². The van der Waals surface area contributed by atoms with Crippen molar-refractivity contribution in [1.29, 1.82) is 0 Å². The van der Waals surface area contributed by atoms with Crippen LogP contribution in [0.4, 0.5) is 22.0 Å². The molecule has 3 N–H and O–H groups in total. The van der Waals surface area contributed by atoms with Gasteiger partial charge >= 0.3 is 12.1 Å². The lowest BCUT2D eigenvalue weighted by Gasteiger charge is -2.34. The third-order valence-electron chi connectivity index (χ3n) is 8.69. The first kappa shape index (κ1) is 35.7. The molecule has 1 aliphatic heterocycles. The number of alkyl halides is 4. The van der Waals surface area contributed by atoms with Gasteiger partial charge in [-0.2, -0.15) is 18.3 Å². The van der Waals surface area contributed by atoms with Crippen molar-refractivity contribution in [2.75, 3.05) is 19.6 Å². The monoisotopic (exact) mass is 662 g/mol. The van der Waals surface area contributed by atoms with Gasteiger partial charge in [0.2, 0.25) is 5.91 Å². The summed E-state index contributed by atoms with van der Waals surface area (Å²) < 4.78 is 72.8. The molecule has 1 aliphatic carbocycles. The number of aliphatic carboxylic acids is 1. The number of halogens is 5. The Morgan fingerprint density at radius 3 is 2.15 bits per heavy atom. The molecular formula is C34H39F5N4O4. The van der Waals surface area contributed by atoms with E-state index in [0.29, 0.717) is 66.8 Å². The zero-order chi connectivity index (χ0) is 34.8. The maximum atomic E-state index is 16.0. The number of carboxylic acid groups (broad SMARTS) is 1. The van der Waals surface area contributed by atoms with Crippen LogP contribution in [0.2, 0.25) is 0 Å². The summed E-state index contributed by atoms with van der Waals surface area (Å²) in [6.45, 7) is 7.86. The summed E-state index contributed by atoms with van der Waals surface area (Å²) in [7, 11) is 0. The molecule has 2 heterocycles. The Labute approximate surface area is 269 Å². The Hall–Kier alpha value is -4.13. The number of aromatic nitrogens is 2. The third-order valence-corrected chi connectivity index (χ3v) is 8.69. The third kappa shape index (κ3) is 8.24. The van der Waals surface area contributed by atoms with E-state index in [1.807, 2.05) is 4.90 Å². The number of carbonyl (C=O) groups excluding carboxylic acids is 1. The molecule has 1 amide bonds. The highest BCUT2D eigenvalue weighted by Crippen LogP contribution is 2.51. The van der Waals surface area contributed by atoms with Crippen molar-refractivity contribution < 1.29 is 36.6 Å². The van der Waals surface area contributed by atoms with Crippen LogP contribution >= 0.6 is 0 Å². The first-order valence-corrected chi connectivity index (χ1v) is 15.5. The molecule has 1 aromatic heterocycles. The van der Waals surface area contributed by atoms with Crippen molar-refractivity contribution in [3.8, 4) is 11.1 Å². The number of nitrogens with two attached hydrogens (primary N) is 1. The molecule has 2 unspecified atom stereocenters. The van der Waals surface area contributed by atoms with Crippen LogP contribution in [0, 0.1) is 32.5 Å². The maximum Gasteiger partial charge on any atom is 0.419 e. The fourth-order valence-electron chi connectivity index (χ4n) is 6.09. The largest absolute Gasteiger partial charge is 0.481 e. The van der Waals surface area contributed by atoms with Crippen LogP contribution < -0.4 is 11.3 Å².